The number of alkyl halides is 3. The van der Waals surface area contributed by atoms with Crippen molar-refractivity contribution in [1.82, 2.24) is 0 Å². The number of nitro benzene ring substituents is 1. The monoisotopic (exact) mass is 379 g/mol. The van der Waals surface area contributed by atoms with Gasteiger partial charge in [-0.05, 0) is 30.3 Å². The fourth-order valence-corrected chi connectivity index (χ4v) is 2.94. The number of sulfonamides is 1. The summed E-state index contributed by atoms with van der Waals surface area (Å²) < 4.78 is 77.5. The number of nitro groups is 1. The van der Waals surface area contributed by atoms with Gasteiger partial charge in [0.2, 0.25) is 0 Å². The third-order valence-electron chi connectivity index (χ3n) is 3.03. The smallest absolute Gasteiger partial charge is 0.393 e. The summed E-state index contributed by atoms with van der Waals surface area (Å²) in [5, 5.41) is 10.8. The van der Waals surface area contributed by atoms with Crippen molar-refractivity contribution in [3.05, 3.63) is 57.9 Å². The fourth-order valence-electron chi connectivity index (χ4n) is 1.87. The van der Waals surface area contributed by atoms with Gasteiger partial charge in [-0.3, -0.25) is 14.8 Å². The number of rotatable bonds is 4. The number of nitrogens with one attached hydrogen (secondary N) is 1. The Morgan fingerprint density at radius 2 is 1.76 bits per heavy atom. The highest BCUT2D eigenvalue weighted by molar-refractivity contribution is 7.92. The van der Waals surface area contributed by atoms with E-state index in [4.69, 9.17) is 5.73 Å². The number of hydrogen-bond donors (Lipinski definition) is 2. The quantitative estimate of drug-likeness (QED) is 0.366. The summed E-state index contributed by atoms with van der Waals surface area (Å²) >= 11 is 0. The Hall–Kier alpha value is -2.89. The van der Waals surface area contributed by atoms with E-state index in [9.17, 15) is 36.1 Å². The van der Waals surface area contributed by atoms with Crippen LogP contribution in [0.2, 0.25) is 0 Å². The Bertz CT molecular complexity index is 945. The molecule has 0 aliphatic carbocycles. The number of nitrogens with two attached hydrogens (primary N) is 1. The van der Waals surface area contributed by atoms with Crippen LogP contribution in [0.25, 0.3) is 0 Å². The molecule has 0 heterocycles. The van der Waals surface area contributed by atoms with Gasteiger partial charge in [0.15, 0.2) is 0 Å². The maximum absolute atomic E-state index is 13.2. The van der Waals surface area contributed by atoms with E-state index >= 15 is 0 Å². The first kappa shape index (κ1) is 18.4. The van der Waals surface area contributed by atoms with Crippen molar-refractivity contribution in [3.8, 4) is 0 Å². The number of anilines is 2. The van der Waals surface area contributed by atoms with Crippen LogP contribution < -0.4 is 10.5 Å². The molecular formula is C13H9F4N3O4S. The molecule has 0 spiro atoms. The lowest BCUT2D eigenvalue weighted by Gasteiger charge is -2.12. The summed E-state index contributed by atoms with van der Waals surface area (Å²) in [6.45, 7) is 0. The van der Waals surface area contributed by atoms with Gasteiger partial charge in [0.25, 0.3) is 15.7 Å². The molecule has 12 heteroatoms. The summed E-state index contributed by atoms with van der Waals surface area (Å²) in [5.74, 6) is -1.63. The molecule has 25 heavy (non-hydrogen) atoms. The summed E-state index contributed by atoms with van der Waals surface area (Å²) in [7, 11) is -4.55. The molecule has 2 aromatic rings. The van der Waals surface area contributed by atoms with Crippen LogP contribution in [0.4, 0.5) is 34.6 Å². The lowest BCUT2D eigenvalue weighted by Crippen LogP contribution is -2.16. The first-order chi connectivity index (χ1) is 11.4. The topological polar surface area (TPSA) is 115 Å². The molecule has 0 bridgehead atoms. The van der Waals surface area contributed by atoms with Crippen LogP contribution in [0.1, 0.15) is 5.56 Å². The molecule has 0 fully saturated rings. The molecule has 0 unspecified atom stereocenters. The van der Waals surface area contributed by atoms with Crippen molar-refractivity contribution >= 4 is 27.1 Å². The van der Waals surface area contributed by atoms with Gasteiger partial charge in [-0.2, -0.15) is 13.2 Å². The van der Waals surface area contributed by atoms with E-state index in [0.717, 1.165) is 18.2 Å². The average Bonchev–Trinajstić information content (AvgIpc) is 2.47. The van der Waals surface area contributed by atoms with E-state index in [1.54, 1.807) is 0 Å². The molecule has 0 radical (unpaired) electrons. The first-order valence-electron chi connectivity index (χ1n) is 6.35. The van der Waals surface area contributed by atoms with Crippen molar-refractivity contribution in [2.75, 3.05) is 10.5 Å². The zero-order valence-electron chi connectivity index (χ0n) is 12.0. The maximum Gasteiger partial charge on any atom is 0.419 e. The molecule has 0 aliphatic heterocycles. The lowest BCUT2D eigenvalue weighted by atomic mass is 10.2. The van der Waals surface area contributed by atoms with Gasteiger partial charge >= 0.3 is 6.18 Å². The molecule has 0 aliphatic rings. The van der Waals surface area contributed by atoms with E-state index in [1.807, 2.05) is 4.72 Å². The summed E-state index contributed by atoms with van der Waals surface area (Å²) in [6.07, 6.45) is -5.09. The number of hydrogen-bond acceptors (Lipinski definition) is 5. The molecule has 0 aromatic heterocycles. The van der Waals surface area contributed by atoms with E-state index < -0.39 is 43.1 Å². The number of halogens is 4. The molecule has 0 saturated heterocycles. The standard InChI is InChI=1S/C13H9F4N3O4S/c14-10-3-2-8(6-9(10)13(15,16)17)25(23,24)19-7-1-4-11(18)12(5-7)20(21)22/h1-6,19H,18H2. The normalized spacial score (nSPS) is 12.0. The minimum absolute atomic E-state index is 0.128. The molecule has 0 saturated carbocycles. The predicted octanol–water partition coefficient (Wildman–Crippen LogP) is 3.14. The highest BCUT2D eigenvalue weighted by Gasteiger charge is 2.35. The molecule has 134 valence electrons. The van der Waals surface area contributed by atoms with Gasteiger partial charge in [-0.25, -0.2) is 12.8 Å². The average molecular weight is 379 g/mol. The van der Waals surface area contributed by atoms with Gasteiger partial charge in [0.1, 0.15) is 11.5 Å². The Labute approximate surface area is 138 Å². The highest BCUT2D eigenvalue weighted by atomic mass is 32.2. The van der Waals surface area contributed by atoms with Crippen molar-refractivity contribution in [2.24, 2.45) is 0 Å². The minimum Gasteiger partial charge on any atom is -0.393 e. The number of benzene rings is 2. The summed E-state index contributed by atoms with van der Waals surface area (Å²) in [5.41, 5.74) is 2.50. The van der Waals surface area contributed by atoms with Gasteiger partial charge < -0.3 is 5.73 Å². The zero-order valence-corrected chi connectivity index (χ0v) is 12.9. The summed E-state index contributed by atoms with van der Waals surface area (Å²) in [4.78, 5) is 9.07. The Balaban J connectivity index is 2.44. The second-order valence-corrected chi connectivity index (χ2v) is 6.46. The van der Waals surface area contributed by atoms with Crippen molar-refractivity contribution < 1.29 is 30.9 Å². The SMILES string of the molecule is Nc1ccc(NS(=O)(=O)c2ccc(F)c(C(F)(F)F)c2)cc1[N+](=O)[O-]. The van der Waals surface area contributed by atoms with Gasteiger partial charge in [0.05, 0.1) is 21.1 Å². The van der Waals surface area contributed by atoms with Crippen LogP contribution in [0.5, 0.6) is 0 Å². The first-order valence-corrected chi connectivity index (χ1v) is 7.83. The second kappa shape index (κ2) is 6.20. The Kier molecular flexibility index (Phi) is 4.57. The molecule has 3 N–H and O–H groups in total. The van der Waals surface area contributed by atoms with Crippen LogP contribution in [0.15, 0.2) is 41.3 Å². The predicted molar refractivity (Wildman–Crippen MR) is 79.7 cm³/mol. The van der Waals surface area contributed by atoms with Crippen molar-refractivity contribution in [2.45, 2.75) is 11.1 Å². The van der Waals surface area contributed by atoms with Crippen LogP contribution >= 0.6 is 0 Å². The van der Waals surface area contributed by atoms with Crippen molar-refractivity contribution in [3.63, 3.8) is 0 Å². The largest absolute Gasteiger partial charge is 0.419 e. The number of nitrogens with zero attached hydrogens (tertiary/aromatic N) is 1. The van der Waals surface area contributed by atoms with E-state index in [1.165, 1.54) is 0 Å². The van der Waals surface area contributed by atoms with Gasteiger partial charge in [-0.1, -0.05) is 0 Å². The molecule has 7 nitrogen and oxygen atoms in total. The highest BCUT2D eigenvalue weighted by Crippen LogP contribution is 2.33. The Morgan fingerprint density at radius 3 is 2.32 bits per heavy atom. The molecule has 2 aromatic carbocycles. The third kappa shape index (κ3) is 3.96. The number of nitrogen functional groups attached to an aromatic ring is 1. The van der Waals surface area contributed by atoms with E-state index in [0.29, 0.717) is 12.1 Å². The van der Waals surface area contributed by atoms with Gasteiger partial charge in [0, 0.05) is 6.07 Å². The lowest BCUT2D eigenvalue weighted by molar-refractivity contribution is -0.383. The van der Waals surface area contributed by atoms with Crippen LogP contribution in [-0.4, -0.2) is 13.3 Å². The maximum atomic E-state index is 13.2. The zero-order chi connectivity index (χ0) is 19.0. The van der Waals surface area contributed by atoms with E-state index in [-0.39, 0.29) is 17.4 Å². The molecule has 2 rings (SSSR count). The summed E-state index contributed by atoms with van der Waals surface area (Å²) in [6, 6.07) is 4.09. The minimum atomic E-state index is -5.09. The second-order valence-electron chi connectivity index (χ2n) is 4.78. The molecular weight excluding hydrogens is 370 g/mol. The Morgan fingerprint density at radius 1 is 1.12 bits per heavy atom. The third-order valence-corrected chi connectivity index (χ3v) is 4.41. The van der Waals surface area contributed by atoms with E-state index in [2.05, 4.69) is 0 Å². The van der Waals surface area contributed by atoms with Crippen LogP contribution in [-0.2, 0) is 16.2 Å². The van der Waals surface area contributed by atoms with Crippen LogP contribution in [0.3, 0.4) is 0 Å². The molecule has 0 amide bonds. The van der Waals surface area contributed by atoms with Gasteiger partial charge in [-0.15, -0.1) is 0 Å². The van der Waals surface area contributed by atoms with Crippen LogP contribution in [0, 0.1) is 15.9 Å². The fraction of sp³-hybridized carbons (Fsp3) is 0.0769. The molecule has 0 atom stereocenters. The van der Waals surface area contributed by atoms with Crippen molar-refractivity contribution in [1.29, 1.82) is 0 Å².